The molecule has 1 amide bonds. The quantitative estimate of drug-likeness (QED) is 0.381. The lowest BCUT2D eigenvalue weighted by Gasteiger charge is -2.28. The number of aromatic hydroxyl groups is 1. The molecular formula is C23H27N3O5. The van der Waals surface area contributed by atoms with E-state index in [-0.39, 0.29) is 16.9 Å². The molecule has 8 nitrogen and oxygen atoms in total. The number of ether oxygens (including phenoxy) is 1. The average Bonchev–Trinajstić information content (AvgIpc) is 3.04. The van der Waals surface area contributed by atoms with Crippen LogP contribution in [0.15, 0.2) is 48.3 Å². The number of ketones is 1. The summed E-state index contributed by atoms with van der Waals surface area (Å²) in [6.45, 7) is 6.62. The van der Waals surface area contributed by atoms with Crippen molar-refractivity contribution in [1.82, 2.24) is 14.8 Å². The molecule has 0 radical (unpaired) electrons. The smallest absolute Gasteiger partial charge is 0.295 e. The van der Waals surface area contributed by atoms with E-state index in [1.54, 1.807) is 30.6 Å². The van der Waals surface area contributed by atoms with E-state index in [1.165, 1.54) is 24.1 Å². The Labute approximate surface area is 181 Å². The van der Waals surface area contributed by atoms with E-state index in [4.69, 9.17) is 4.74 Å². The lowest BCUT2D eigenvalue weighted by molar-refractivity contribution is -0.140. The number of aliphatic hydroxyl groups is 1. The number of Topliss-reactive ketones (excluding diaryl/α,β-unsaturated/α-hetero) is 1. The van der Waals surface area contributed by atoms with Gasteiger partial charge in [-0.15, -0.1) is 0 Å². The van der Waals surface area contributed by atoms with Crippen LogP contribution in [0.25, 0.3) is 5.76 Å². The Balaban J connectivity index is 2.10. The minimum Gasteiger partial charge on any atom is -0.507 e. The molecule has 0 saturated carbocycles. The summed E-state index contributed by atoms with van der Waals surface area (Å²) >= 11 is 0. The maximum Gasteiger partial charge on any atom is 0.295 e. The van der Waals surface area contributed by atoms with Crippen molar-refractivity contribution in [1.29, 1.82) is 0 Å². The molecule has 2 N–H and O–H groups in total. The molecule has 1 aromatic heterocycles. The summed E-state index contributed by atoms with van der Waals surface area (Å²) in [7, 11) is 1.46. The van der Waals surface area contributed by atoms with Gasteiger partial charge in [-0.3, -0.25) is 14.6 Å². The van der Waals surface area contributed by atoms with Gasteiger partial charge in [0.05, 0.1) is 24.3 Å². The van der Waals surface area contributed by atoms with Crippen LogP contribution in [0.3, 0.4) is 0 Å². The Hall–Kier alpha value is -3.39. The van der Waals surface area contributed by atoms with Crippen molar-refractivity contribution in [2.24, 2.45) is 0 Å². The van der Waals surface area contributed by atoms with Crippen molar-refractivity contribution in [3.05, 3.63) is 59.4 Å². The van der Waals surface area contributed by atoms with Crippen LogP contribution in [0.1, 0.15) is 31.0 Å². The number of likely N-dealkylation sites (N-methyl/N-ethyl adjacent to an activating group) is 1. The number of phenols is 1. The van der Waals surface area contributed by atoms with Crippen molar-refractivity contribution in [3.8, 4) is 11.5 Å². The number of likely N-dealkylation sites (tertiary alicyclic amines) is 1. The molecule has 1 aliphatic heterocycles. The molecule has 164 valence electrons. The number of hydrogen-bond donors (Lipinski definition) is 2. The SMILES string of the molecule is CCN(CC)CCN1C(=O)C(=O)C(=C(O)c2ccc(OC)cc2O)[C@@H]1c1ccncc1. The first-order valence-corrected chi connectivity index (χ1v) is 10.2. The minimum atomic E-state index is -0.783. The van der Waals surface area contributed by atoms with Crippen molar-refractivity contribution >= 4 is 17.4 Å². The number of rotatable bonds is 8. The van der Waals surface area contributed by atoms with Crippen LogP contribution in [-0.4, -0.2) is 70.0 Å². The third-order valence-electron chi connectivity index (χ3n) is 5.57. The number of aliphatic hydroxyl groups excluding tert-OH is 1. The highest BCUT2D eigenvalue weighted by molar-refractivity contribution is 6.46. The van der Waals surface area contributed by atoms with E-state index >= 15 is 0 Å². The predicted octanol–water partition coefficient (Wildman–Crippen LogP) is 2.56. The molecule has 2 aromatic rings. The molecule has 1 atom stereocenters. The van der Waals surface area contributed by atoms with Crippen LogP contribution < -0.4 is 4.74 Å². The van der Waals surface area contributed by atoms with Crippen LogP contribution in [0.4, 0.5) is 0 Å². The number of nitrogens with zero attached hydrogens (tertiary/aromatic N) is 3. The van der Waals surface area contributed by atoms with E-state index in [1.807, 2.05) is 13.8 Å². The van der Waals surface area contributed by atoms with Crippen LogP contribution in [-0.2, 0) is 9.59 Å². The summed E-state index contributed by atoms with van der Waals surface area (Å²) in [4.78, 5) is 33.6. The molecule has 2 heterocycles. The molecule has 0 bridgehead atoms. The van der Waals surface area contributed by atoms with Crippen molar-refractivity contribution in [2.75, 3.05) is 33.3 Å². The van der Waals surface area contributed by atoms with Crippen LogP contribution in [0, 0.1) is 0 Å². The lowest BCUT2D eigenvalue weighted by Crippen LogP contribution is -2.38. The summed E-state index contributed by atoms with van der Waals surface area (Å²) in [5.74, 6) is -1.73. The normalized spacial score (nSPS) is 18.1. The Morgan fingerprint density at radius 3 is 2.42 bits per heavy atom. The van der Waals surface area contributed by atoms with Gasteiger partial charge in [0.25, 0.3) is 11.7 Å². The van der Waals surface area contributed by atoms with Gasteiger partial charge in [0.15, 0.2) is 0 Å². The van der Waals surface area contributed by atoms with Gasteiger partial charge in [-0.1, -0.05) is 13.8 Å². The van der Waals surface area contributed by atoms with Gasteiger partial charge < -0.3 is 24.7 Å². The maximum absolute atomic E-state index is 13.0. The summed E-state index contributed by atoms with van der Waals surface area (Å²) in [6, 6.07) is 7.00. The first-order chi connectivity index (χ1) is 14.9. The van der Waals surface area contributed by atoms with E-state index in [0.717, 1.165) is 13.1 Å². The fourth-order valence-corrected chi connectivity index (χ4v) is 3.78. The Kier molecular flexibility index (Phi) is 6.91. The van der Waals surface area contributed by atoms with Crippen molar-refractivity contribution < 1.29 is 24.5 Å². The average molecular weight is 425 g/mol. The molecule has 0 aliphatic carbocycles. The number of carbonyl (C=O) groups is 2. The van der Waals surface area contributed by atoms with Gasteiger partial charge >= 0.3 is 0 Å². The van der Waals surface area contributed by atoms with E-state index in [0.29, 0.717) is 24.4 Å². The molecule has 8 heteroatoms. The van der Waals surface area contributed by atoms with Crippen LogP contribution in [0.5, 0.6) is 11.5 Å². The number of pyridine rings is 1. The highest BCUT2D eigenvalue weighted by Crippen LogP contribution is 2.41. The molecule has 0 spiro atoms. The number of benzene rings is 1. The first-order valence-electron chi connectivity index (χ1n) is 10.2. The zero-order chi connectivity index (χ0) is 22.5. The van der Waals surface area contributed by atoms with Crippen molar-refractivity contribution in [2.45, 2.75) is 19.9 Å². The predicted molar refractivity (Wildman–Crippen MR) is 116 cm³/mol. The number of hydrogen-bond acceptors (Lipinski definition) is 7. The number of amides is 1. The van der Waals surface area contributed by atoms with E-state index in [2.05, 4.69) is 9.88 Å². The third kappa shape index (κ3) is 4.39. The maximum atomic E-state index is 13.0. The molecule has 3 rings (SSSR count). The monoisotopic (exact) mass is 425 g/mol. The van der Waals surface area contributed by atoms with Gasteiger partial charge in [-0.05, 0) is 42.9 Å². The topological polar surface area (TPSA) is 103 Å². The fourth-order valence-electron chi connectivity index (χ4n) is 3.78. The van der Waals surface area contributed by atoms with E-state index in [9.17, 15) is 19.8 Å². The van der Waals surface area contributed by atoms with Gasteiger partial charge in [0, 0.05) is 31.5 Å². The summed E-state index contributed by atoms with van der Waals surface area (Å²) < 4.78 is 5.08. The molecule has 31 heavy (non-hydrogen) atoms. The zero-order valence-electron chi connectivity index (χ0n) is 17.9. The molecular weight excluding hydrogens is 398 g/mol. The highest BCUT2D eigenvalue weighted by atomic mass is 16.5. The summed E-state index contributed by atoms with van der Waals surface area (Å²) in [5, 5.41) is 21.4. The first kappa shape index (κ1) is 22.3. The number of methoxy groups -OCH3 is 1. The second-order valence-electron chi connectivity index (χ2n) is 7.18. The molecule has 1 saturated heterocycles. The van der Waals surface area contributed by atoms with Gasteiger partial charge in [-0.25, -0.2) is 0 Å². The van der Waals surface area contributed by atoms with E-state index < -0.39 is 23.5 Å². The molecule has 1 aromatic carbocycles. The van der Waals surface area contributed by atoms with Crippen molar-refractivity contribution in [3.63, 3.8) is 0 Å². The standard InChI is InChI=1S/C23H27N3O5/c1-4-25(5-2)12-13-26-20(15-8-10-24-11-9-15)19(22(29)23(26)30)21(28)17-7-6-16(31-3)14-18(17)27/h6-11,14,20,27-28H,4-5,12-13H2,1-3H3/t20-/m0/s1. The molecule has 1 aliphatic rings. The van der Waals surface area contributed by atoms with Crippen LogP contribution in [0.2, 0.25) is 0 Å². The second kappa shape index (κ2) is 9.61. The molecule has 0 unspecified atom stereocenters. The van der Waals surface area contributed by atoms with Gasteiger partial charge in [0.1, 0.15) is 17.3 Å². The second-order valence-corrected chi connectivity index (χ2v) is 7.18. The van der Waals surface area contributed by atoms with Crippen LogP contribution >= 0.6 is 0 Å². The van der Waals surface area contributed by atoms with Gasteiger partial charge in [0.2, 0.25) is 0 Å². The molecule has 1 fully saturated rings. The number of phenolic OH excluding ortho intramolecular Hbond substituents is 1. The third-order valence-corrected chi connectivity index (χ3v) is 5.57. The number of carbonyl (C=O) groups excluding carboxylic acids is 2. The fraction of sp³-hybridized carbons (Fsp3) is 0.348. The largest absolute Gasteiger partial charge is 0.507 e. The Bertz CT molecular complexity index is 986. The lowest BCUT2D eigenvalue weighted by atomic mass is 9.95. The highest BCUT2D eigenvalue weighted by Gasteiger charge is 2.46. The summed E-state index contributed by atoms with van der Waals surface area (Å²) in [6.07, 6.45) is 3.15. The minimum absolute atomic E-state index is 0.0570. The number of aromatic nitrogens is 1. The zero-order valence-corrected chi connectivity index (χ0v) is 17.9. The van der Waals surface area contributed by atoms with Gasteiger partial charge in [-0.2, -0.15) is 0 Å². The Morgan fingerprint density at radius 2 is 1.84 bits per heavy atom. The summed E-state index contributed by atoms with van der Waals surface area (Å²) in [5.41, 5.74) is 0.654. The Morgan fingerprint density at radius 1 is 1.16 bits per heavy atom.